The van der Waals surface area contributed by atoms with Gasteiger partial charge in [0.1, 0.15) is 5.82 Å². The molecule has 1 aromatic rings. The Kier molecular flexibility index (Phi) is 2.74. The maximum absolute atomic E-state index is 4.46. The van der Waals surface area contributed by atoms with E-state index in [2.05, 4.69) is 59.1 Å². The van der Waals surface area contributed by atoms with Gasteiger partial charge in [0.15, 0.2) is 0 Å². The van der Waals surface area contributed by atoms with Crippen LogP contribution in [0.25, 0.3) is 0 Å². The lowest BCUT2D eigenvalue weighted by Crippen LogP contribution is -2.45. The molecule has 2 bridgehead atoms. The van der Waals surface area contributed by atoms with E-state index >= 15 is 0 Å². The lowest BCUT2D eigenvalue weighted by Gasteiger charge is -2.43. The molecule has 3 atom stereocenters. The summed E-state index contributed by atoms with van der Waals surface area (Å²) in [5, 5.41) is 3.70. The van der Waals surface area contributed by atoms with E-state index in [1.165, 1.54) is 19.3 Å². The predicted octanol–water partition coefficient (Wildman–Crippen LogP) is 4.47. The second kappa shape index (κ2) is 3.96. The number of fused-ring (bicyclic) bond motifs is 2. The van der Waals surface area contributed by atoms with E-state index in [1.54, 1.807) is 0 Å². The van der Waals surface area contributed by atoms with E-state index in [0.717, 1.165) is 16.2 Å². The van der Waals surface area contributed by atoms with Gasteiger partial charge in [0, 0.05) is 16.7 Å². The molecule has 3 heteroatoms. The van der Waals surface area contributed by atoms with Crippen LogP contribution in [0.4, 0.5) is 5.82 Å². The molecule has 18 heavy (non-hydrogen) atoms. The number of anilines is 1. The van der Waals surface area contributed by atoms with Gasteiger partial charge in [0.25, 0.3) is 0 Å². The third-order valence-electron chi connectivity index (χ3n) is 5.29. The predicted molar refractivity (Wildman–Crippen MR) is 78.6 cm³/mol. The highest BCUT2D eigenvalue weighted by Gasteiger charge is 2.59. The van der Waals surface area contributed by atoms with Crippen LogP contribution in [0.5, 0.6) is 0 Å². The molecular weight excluding hydrogens is 288 g/mol. The van der Waals surface area contributed by atoms with Crippen molar-refractivity contribution in [3.05, 3.63) is 22.8 Å². The number of hydrogen-bond acceptors (Lipinski definition) is 2. The van der Waals surface area contributed by atoms with Gasteiger partial charge in [-0.2, -0.15) is 0 Å². The van der Waals surface area contributed by atoms with Crippen LogP contribution in [-0.4, -0.2) is 11.0 Å². The first-order chi connectivity index (χ1) is 8.42. The smallest absolute Gasteiger partial charge is 0.126 e. The average molecular weight is 309 g/mol. The second-order valence-corrected chi connectivity index (χ2v) is 7.77. The Hall–Kier alpha value is -0.570. The fourth-order valence-electron chi connectivity index (χ4n) is 4.27. The summed E-state index contributed by atoms with van der Waals surface area (Å²) in [7, 11) is 0. The Morgan fingerprint density at radius 1 is 1.33 bits per heavy atom. The van der Waals surface area contributed by atoms with Crippen LogP contribution in [0.3, 0.4) is 0 Å². The van der Waals surface area contributed by atoms with Crippen LogP contribution >= 0.6 is 15.9 Å². The fraction of sp³-hybridized carbons (Fsp3) is 0.667. The number of hydrogen-bond donors (Lipinski definition) is 1. The molecule has 0 spiro atoms. The zero-order valence-electron chi connectivity index (χ0n) is 11.3. The molecular formula is C15H21BrN2. The van der Waals surface area contributed by atoms with Crippen LogP contribution in [0.1, 0.15) is 40.0 Å². The Morgan fingerprint density at radius 2 is 2.11 bits per heavy atom. The van der Waals surface area contributed by atoms with E-state index in [4.69, 9.17) is 0 Å². The van der Waals surface area contributed by atoms with Crippen LogP contribution in [0, 0.1) is 16.7 Å². The number of halogens is 1. The summed E-state index contributed by atoms with van der Waals surface area (Å²) >= 11 is 3.43. The summed E-state index contributed by atoms with van der Waals surface area (Å²) < 4.78 is 1.03. The highest BCUT2D eigenvalue weighted by atomic mass is 79.9. The summed E-state index contributed by atoms with van der Waals surface area (Å²) in [6.07, 6.45) is 5.99. The number of nitrogens with zero attached hydrogens (tertiary/aromatic N) is 1. The molecule has 0 aromatic carbocycles. The van der Waals surface area contributed by atoms with Crippen molar-refractivity contribution in [1.82, 2.24) is 4.98 Å². The van der Waals surface area contributed by atoms with Crippen molar-refractivity contribution in [2.75, 3.05) is 5.32 Å². The van der Waals surface area contributed by atoms with Crippen molar-refractivity contribution in [1.29, 1.82) is 0 Å². The fourth-order valence-corrected chi connectivity index (χ4v) is 4.51. The van der Waals surface area contributed by atoms with E-state index in [1.807, 2.05) is 6.20 Å². The standard InChI is InChI=1S/C15H21BrN2/c1-14(2)10-6-7-15(3,8-10)13(14)18-12-5-4-11(16)9-17-12/h4-5,9-10,13H,6-8H2,1-3H3,(H,17,18). The van der Waals surface area contributed by atoms with Gasteiger partial charge in [0.2, 0.25) is 0 Å². The summed E-state index contributed by atoms with van der Waals surface area (Å²) in [4.78, 5) is 4.46. The molecule has 3 unspecified atom stereocenters. The van der Waals surface area contributed by atoms with Crippen LogP contribution in [-0.2, 0) is 0 Å². The molecule has 1 aromatic heterocycles. The number of rotatable bonds is 2. The molecule has 3 rings (SSSR count). The Morgan fingerprint density at radius 3 is 2.67 bits per heavy atom. The van der Waals surface area contributed by atoms with Crippen molar-refractivity contribution < 1.29 is 0 Å². The minimum absolute atomic E-state index is 0.377. The monoisotopic (exact) mass is 308 g/mol. The lowest BCUT2D eigenvalue weighted by atomic mass is 9.68. The largest absolute Gasteiger partial charge is 0.366 e. The maximum Gasteiger partial charge on any atom is 0.126 e. The molecule has 1 N–H and O–H groups in total. The first-order valence-electron chi connectivity index (χ1n) is 6.80. The van der Waals surface area contributed by atoms with Crippen LogP contribution < -0.4 is 5.32 Å². The van der Waals surface area contributed by atoms with Gasteiger partial charge in [-0.15, -0.1) is 0 Å². The normalized spacial score (nSPS) is 36.9. The maximum atomic E-state index is 4.46. The van der Waals surface area contributed by atoms with Gasteiger partial charge in [-0.05, 0) is 64.1 Å². The summed E-state index contributed by atoms with van der Waals surface area (Å²) in [6, 6.07) is 4.66. The van der Waals surface area contributed by atoms with Gasteiger partial charge in [-0.3, -0.25) is 0 Å². The molecule has 0 aliphatic heterocycles. The van der Waals surface area contributed by atoms with E-state index in [9.17, 15) is 0 Å². The number of aromatic nitrogens is 1. The average Bonchev–Trinajstić information content (AvgIpc) is 2.78. The quantitative estimate of drug-likeness (QED) is 0.872. The lowest BCUT2D eigenvalue weighted by molar-refractivity contribution is 0.155. The molecule has 0 saturated heterocycles. The SMILES string of the molecule is CC12CCC(C1)C(C)(C)C2Nc1ccc(Br)cn1. The molecule has 2 nitrogen and oxygen atoms in total. The van der Waals surface area contributed by atoms with E-state index in [0.29, 0.717) is 16.9 Å². The molecule has 98 valence electrons. The summed E-state index contributed by atoms with van der Waals surface area (Å²) in [5.74, 6) is 1.88. The summed E-state index contributed by atoms with van der Waals surface area (Å²) in [6.45, 7) is 7.27. The third-order valence-corrected chi connectivity index (χ3v) is 5.76. The Labute approximate surface area is 118 Å². The van der Waals surface area contributed by atoms with Crippen molar-refractivity contribution in [2.45, 2.75) is 46.1 Å². The van der Waals surface area contributed by atoms with Crippen molar-refractivity contribution in [2.24, 2.45) is 16.7 Å². The van der Waals surface area contributed by atoms with E-state index in [-0.39, 0.29) is 0 Å². The van der Waals surface area contributed by atoms with Crippen molar-refractivity contribution in [3.63, 3.8) is 0 Å². The highest BCUT2D eigenvalue weighted by Crippen LogP contribution is 2.62. The molecule has 0 amide bonds. The van der Waals surface area contributed by atoms with Crippen molar-refractivity contribution in [3.8, 4) is 0 Å². The Balaban J connectivity index is 1.86. The minimum atomic E-state index is 0.377. The zero-order valence-corrected chi connectivity index (χ0v) is 12.9. The first kappa shape index (κ1) is 12.5. The first-order valence-corrected chi connectivity index (χ1v) is 7.59. The minimum Gasteiger partial charge on any atom is -0.366 e. The van der Waals surface area contributed by atoms with Gasteiger partial charge in [0.05, 0.1) is 0 Å². The molecule has 2 saturated carbocycles. The molecule has 0 radical (unpaired) electrons. The molecule has 2 aliphatic rings. The highest BCUT2D eigenvalue weighted by molar-refractivity contribution is 9.10. The van der Waals surface area contributed by atoms with Crippen LogP contribution in [0.15, 0.2) is 22.8 Å². The van der Waals surface area contributed by atoms with Crippen LogP contribution in [0.2, 0.25) is 0 Å². The van der Waals surface area contributed by atoms with Gasteiger partial charge in [-0.1, -0.05) is 20.8 Å². The number of pyridine rings is 1. The summed E-state index contributed by atoms with van der Waals surface area (Å²) in [5.41, 5.74) is 0.824. The Bertz CT molecular complexity index is 449. The van der Waals surface area contributed by atoms with Gasteiger partial charge in [-0.25, -0.2) is 4.98 Å². The van der Waals surface area contributed by atoms with Gasteiger partial charge >= 0.3 is 0 Å². The number of nitrogens with one attached hydrogen (secondary N) is 1. The second-order valence-electron chi connectivity index (χ2n) is 6.85. The van der Waals surface area contributed by atoms with Gasteiger partial charge < -0.3 is 5.32 Å². The third kappa shape index (κ3) is 1.78. The van der Waals surface area contributed by atoms with Crippen molar-refractivity contribution >= 4 is 21.7 Å². The molecule has 1 heterocycles. The van der Waals surface area contributed by atoms with E-state index < -0.39 is 0 Å². The molecule has 2 fully saturated rings. The zero-order chi connectivity index (χ0) is 13.0. The topological polar surface area (TPSA) is 24.9 Å². The molecule has 2 aliphatic carbocycles.